The van der Waals surface area contributed by atoms with Gasteiger partial charge in [-0.15, -0.1) is 0 Å². The Morgan fingerprint density at radius 2 is 2.05 bits per heavy atom. The lowest BCUT2D eigenvalue weighted by molar-refractivity contribution is 0.0784. The second-order valence-electron chi connectivity index (χ2n) is 4.74. The monoisotopic (exact) mass is 253 g/mol. The van der Waals surface area contributed by atoms with Gasteiger partial charge in [-0.05, 0) is 12.0 Å². The quantitative estimate of drug-likeness (QED) is 0.823. The van der Waals surface area contributed by atoms with E-state index < -0.39 is 0 Å². The van der Waals surface area contributed by atoms with Crippen LogP contribution in [-0.4, -0.2) is 33.9 Å². The van der Waals surface area contributed by atoms with Crippen molar-refractivity contribution in [3.05, 3.63) is 60.2 Å². The molecule has 4 nitrogen and oxygen atoms in total. The fraction of sp³-hybridized carbons (Fsp3) is 0.267. The second-order valence-corrected chi connectivity index (χ2v) is 4.74. The number of rotatable bonds is 2. The van der Waals surface area contributed by atoms with Crippen molar-refractivity contribution in [1.82, 2.24) is 14.9 Å². The highest BCUT2D eigenvalue weighted by molar-refractivity contribution is 5.92. The molecule has 1 atom stereocenters. The van der Waals surface area contributed by atoms with Crippen LogP contribution in [0.15, 0.2) is 48.9 Å². The van der Waals surface area contributed by atoms with E-state index in [4.69, 9.17) is 0 Å². The highest BCUT2D eigenvalue weighted by atomic mass is 16.2. The number of carbonyl (C=O) groups excluding carboxylic acids is 1. The fourth-order valence-corrected chi connectivity index (χ4v) is 2.51. The maximum absolute atomic E-state index is 12.2. The van der Waals surface area contributed by atoms with Gasteiger partial charge in [0, 0.05) is 31.4 Å². The summed E-state index contributed by atoms with van der Waals surface area (Å²) in [4.78, 5) is 22.1. The molecule has 1 amide bonds. The van der Waals surface area contributed by atoms with Gasteiger partial charge < -0.3 is 4.90 Å². The van der Waals surface area contributed by atoms with E-state index in [0.717, 1.165) is 19.5 Å². The number of carbonyl (C=O) groups is 1. The van der Waals surface area contributed by atoms with Gasteiger partial charge in [0.15, 0.2) is 0 Å². The smallest absolute Gasteiger partial charge is 0.274 e. The molecule has 0 saturated carbocycles. The van der Waals surface area contributed by atoms with Gasteiger partial charge in [0.2, 0.25) is 0 Å². The van der Waals surface area contributed by atoms with Crippen molar-refractivity contribution in [2.75, 3.05) is 13.1 Å². The Labute approximate surface area is 112 Å². The summed E-state index contributed by atoms with van der Waals surface area (Å²) in [6, 6.07) is 10.4. The lowest BCUT2D eigenvalue weighted by atomic mass is 9.99. The lowest BCUT2D eigenvalue weighted by Crippen LogP contribution is -2.29. The average Bonchev–Trinajstić information content (AvgIpc) is 2.98. The Kier molecular flexibility index (Phi) is 3.23. The van der Waals surface area contributed by atoms with E-state index in [1.165, 1.54) is 11.8 Å². The summed E-state index contributed by atoms with van der Waals surface area (Å²) in [5.41, 5.74) is 1.73. The molecule has 0 N–H and O–H groups in total. The van der Waals surface area contributed by atoms with Crippen LogP contribution in [0.2, 0.25) is 0 Å². The van der Waals surface area contributed by atoms with Gasteiger partial charge in [0.1, 0.15) is 5.69 Å². The van der Waals surface area contributed by atoms with Crippen LogP contribution in [0.3, 0.4) is 0 Å². The predicted octanol–water partition coefficient (Wildman–Crippen LogP) is 2.11. The molecule has 0 aliphatic carbocycles. The third-order valence-electron chi connectivity index (χ3n) is 3.53. The van der Waals surface area contributed by atoms with Crippen LogP contribution in [0, 0.1) is 0 Å². The Balaban J connectivity index is 1.71. The number of amides is 1. The zero-order valence-corrected chi connectivity index (χ0v) is 10.6. The van der Waals surface area contributed by atoms with Crippen LogP contribution in [0.1, 0.15) is 28.4 Å². The molecule has 96 valence electrons. The van der Waals surface area contributed by atoms with E-state index in [0.29, 0.717) is 11.6 Å². The van der Waals surface area contributed by atoms with Crippen LogP contribution >= 0.6 is 0 Å². The predicted molar refractivity (Wildman–Crippen MR) is 71.7 cm³/mol. The van der Waals surface area contributed by atoms with Crippen molar-refractivity contribution >= 4 is 5.91 Å². The third kappa shape index (κ3) is 2.47. The normalized spacial score (nSPS) is 18.5. The molecule has 2 heterocycles. The summed E-state index contributed by atoms with van der Waals surface area (Å²) >= 11 is 0. The largest absolute Gasteiger partial charge is 0.337 e. The topological polar surface area (TPSA) is 46.1 Å². The van der Waals surface area contributed by atoms with Crippen LogP contribution < -0.4 is 0 Å². The minimum Gasteiger partial charge on any atom is -0.337 e. The molecule has 2 aromatic rings. The summed E-state index contributed by atoms with van der Waals surface area (Å²) in [5.74, 6) is 0.411. The van der Waals surface area contributed by atoms with Gasteiger partial charge in [0.05, 0.1) is 6.20 Å². The lowest BCUT2D eigenvalue weighted by Gasteiger charge is -2.15. The molecule has 4 heteroatoms. The van der Waals surface area contributed by atoms with Crippen molar-refractivity contribution in [2.45, 2.75) is 12.3 Å². The van der Waals surface area contributed by atoms with Gasteiger partial charge >= 0.3 is 0 Å². The number of likely N-dealkylation sites (tertiary alicyclic amines) is 1. The highest BCUT2D eigenvalue weighted by Gasteiger charge is 2.28. The molecular weight excluding hydrogens is 238 g/mol. The summed E-state index contributed by atoms with van der Waals surface area (Å²) in [7, 11) is 0. The van der Waals surface area contributed by atoms with Crippen molar-refractivity contribution in [2.24, 2.45) is 0 Å². The van der Waals surface area contributed by atoms with Crippen molar-refractivity contribution in [3.8, 4) is 0 Å². The molecule has 0 spiro atoms. The third-order valence-corrected chi connectivity index (χ3v) is 3.53. The fourth-order valence-electron chi connectivity index (χ4n) is 2.51. The SMILES string of the molecule is O=C(c1cnccn1)N1CCC(c2ccccc2)C1. The Morgan fingerprint density at radius 3 is 2.79 bits per heavy atom. The molecule has 1 aliphatic heterocycles. The Hall–Kier alpha value is -2.23. The maximum atomic E-state index is 12.2. The molecule has 1 aliphatic rings. The molecule has 0 bridgehead atoms. The summed E-state index contributed by atoms with van der Waals surface area (Å²) in [6.45, 7) is 1.55. The van der Waals surface area contributed by atoms with Crippen LogP contribution in [-0.2, 0) is 0 Å². The standard InChI is InChI=1S/C15H15N3O/c19-15(14-10-16-7-8-17-14)18-9-6-13(11-18)12-4-2-1-3-5-12/h1-5,7-8,10,13H,6,9,11H2. The number of aromatic nitrogens is 2. The molecule has 0 radical (unpaired) electrons. The van der Waals surface area contributed by atoms with Gasteiger partial charge in [-0.1, -0.05) is 30.3 Å². The van der Waals surface area contributed by atoms with Crippen molar-refractivity contribution in [1.29, 1.82) is 0 Å². The average molecular weight is 253 g/mol. The summed E-state index contributed by atoms with van der Waals surface area (Å²) in [6.07, 6.45) is 5.67. The molecule has 1 aromatic heterocycles. The zero-order valence-electron chi connectivity index (χ0n) is 10.6. The van der Waals surface area contributed by atoms with E-state index in [1.807, 2.05) is 23.1 Å². The number of hydrogen-bond acceptors (Lipinski definition) is 3. The Bertz CT molecular complexity index is 556. The highest BCUT2D eigenvalue weighted by Crippen LogP contribution is 2.27. The minimum atomic E-state index is -0.0217. The van der Waals surface area contributed by atoms with E-state index in [9.17, 15) is 4.79 Å². The first-order valence-corrected chi connectivity index (χ1v) is 6.45. The van der Waals surface area contributed by atoms with E-state index in [1.54, 1.807) is 12.4 Å². The van der Waals surface area contributed by atoms with Crippen molar-refractivity contribution < 1.29 is 4.79 Å². The Morgan fingerprint density at radius 1 is 1.21 bits per heavy atom. The van der Waals surface area contributed by atoms with Gasteiger partial charge in [-0.2, -0.15) is 0 Å². The number of benzene rings is 1. The number of hydrogen-bond donors (Lipinski definition) is 0. The first-order valence-electron chi connectivity index (χ1n) is 6.45. The maximum Gasteiger partial charge on any atom is 0.274 e. The molecule has 1 unspecified atom stereocenters. The summed E-state index contributed by atoms with van der Waals surface area (Å²) < 4.78 is 0. The van der Waals surface area contributed by atoms with Gasteiger partial charge in [0.25, 0.3) is 5.91 Å². The molecule has 3 rings (SSSR count). The van der Waals surface area contributed by atoms with E-state index >= 15 is 0 Å². The molecule has 1 fully saturated rings. The zero-order chi connectivity index (χ0) is 13.1. The molecule has 1 saturated heterocycles. The number of nitrogens with zero attached hydrogens (tertiary/aromatic N) is 3. The van der Waals surface area contributed by atoms with Crippen LogP contribution in [0.5, 0.6) is 0 Å². The van der Waals surface area contributed by atoms with E-state index in [2.05, 4.69) is 22.1 Å². The van der Waals surface area contributed by atoms with Crippen LogP contribution in [0.4, 0.5) is 0 Å². The molecular formula is C15H15N3O. The molecule has 1 aromatic carbocycles. The first-order chi connectivity index (χ1) is 9.34. The van der Waals surface area contributed by atoms with Crippen molar-refractivity contribution in [3.63, 3.8) is 0 Å². The van der Waals surface area contributed by atoms with Gasteiger partial charge in [-0.3, -0.25) is 9.78 Å². The molecule has 19 heavy (non-hydrogen) atoms. The first kappa shape index (κ1) is 11.8. The second kappa shape index (κ2) is 5.18. The van der Waals surface area contributed by atoms with E-state index in [-0.39, 0.29) is 5.91 Å². The van der Waals surface area contributed by atoms with Crippen LogP contribution in [0.25, 0.3) is 0 Å². The minimum absolute atomic E-state index is 0.0217. The van der Waals surface area contributed by atoms with Gasteiger partial charge in [-0.25, -0.2) is 4.98 Å². The summed E-state index contributed by atoms with van der Waals surface area (Å²) in [5, 5.41) is 0.